The first-order valence-electron chi connectivity index (χ1n) is 7.88. The van der Waals surface area contributed by atoms with Gasteiger partial charge in [-0.15, -0.1) is 11.3 Å². The van der Waals surface area contributed by atoms with Crippen molar-refractivity contribution in [2.24, 2.45) is 0 Å². The molecule has 0 saturated heterocycles. The molecule has 1 unspecified atom stereocenters. The standard InChI is InChI=1S/C17H13F4NO4S2/c1-7-9(5-12(24)25)14-10(2-3-11(23)15(14)18)22(7)16(26)8-4-13(27-6-8)28-17(19,20)21/h3-4,6,10,23H,2,5H2,1H3,(H,24,25). The molecule has 11 heteroatoms. The molecule has 28 heavy (non-hydrogen) atoms. The second-order valence-electron chi connectivity index (χ2n) is 6.08. The molecule has 1 aliphatic carbocycles. The summed E-state index contributed by atoms with van der Waals surface area (Å²) in [5, 5.41) is 20.1. The lowest BCUT2D eigenvalue weighted by atomic mass is 9.92. The maximum absolute atomic E-state index is 14.5. The summed E-state index contributed by atoms with van der Waals surface area (Å²) in [5.41, 5.74) is -4.31. The predicted octanol–water partition coefficient (Wildman–Crippen LogP) is 5.00. The molecule has 2 aliphatic rings. The van der Waals surface area contributed by atoms with Gasteiger partial charge in [0.2, 0.25) is 0 Å². The van der Waals surface area contributed by atoms with Crippen LogP contribution in [0.3, 0.4) is 0 Å². The molecule has 0 saturated carbocycles. The predicted molar refractivity (Wildman–Crippen MR) is 94.6 cm³/mol. The molecule has 0 radical (unpaired) electrons. The summed E-state index contributed by atoms with van der Waals surface area (Å²) in [7, 11) is 0. The number of carboxylic acids is 1. The number of alkyl halides is 3. The first kappa shape index (κ1) is 20.5. The van der Waals surface area contributed by atoms with E-state index in [1.165, 1.54) is 23.3 Å². The normalized spacial score (nSPS) is 19.8. The number of fused-ring (bicyclic) bond motifs is 1. The van der Waals surface area contributed by atoms with Crippen LogP contribution in [0.25, 0.3) is 0 Å². The van der Waals surface area contributed by atoms with Crippen molar-refractivity contribution in [3.63, 3.8) is 0 Å². The Kier molecular flexibility index (Phi) is 5.32. The van der Waals surface area contributed by atoms with Gasteiger partial charge in [0.15, 0.2) is 5.83 Å². The number of thiophene rings is 1. The molecule has 0 spiro atoms. The number of thioether (sulfide) groups is 1. The maximum atomic E-state index is 14.5. The van der Waals surface area contributed by atoms with Gasteiger partial charge in [-0.25, -0.2) is 4.39 Å². The largest absolute Gasteiger partial charge is 0.505 e. The minimum absolute atomic E-state index is 0.00814. The molecule has 0 aromatic carbocycles. The van der Waals surface area contributed by atoms with Gasteiger partial charge in [0.1, 0.15) is 5.76 Å². The van der Waals surface area contributed by atoms with E-state index >= 15 is 0 Å². The number of hydrogen-bond donors (Lipinski definition) is 2. The number of allylic oxidation sites excluding steroid dienone is 2. The monoisotopic (exact) mass is 435 g/mol. The Balaban J connectivity index is 1.98. The van der Waals surface area contributed by atoms with Crippen LogP contribution in [0, 0.1) is 0 Å². The topological polar surface area (TPSA) is 77.8 Å². The molecule has 1 atom stereocenters. The van der Waals surface area contributed by atoms with Crippen molar-refractivity contribution >= 4 is 35.0 Å². The average Bonchev–Trinajstić information content (AvgIpc) is 3.12. The fourth-order valence-electron chi connectivity index (χ4n) is 3.26. The van der Waals surface area contributed by atoms with Gasteiger partial charge >= 0.3 is 11.5 Å². The van der Waals surface area contributed by atoms with Crippen LogP contribution in [-0.2, 0) is 4.79 Å². The number of nitrogens with zero attached hydrogens (tertiary/aromatic N) is 1. The van der Waals surface area contributed by atoms with E-state index in [4.69, 9.17) is 5.11 Å². The highest BCUT2D eigenvalue weighted by atomic mass is 32.2. The van der Waals surface area contributed by atoms with Crippen LogP contribution in [0.1, 0.15) is 30.1 Å². The van der Waals surface area contributed by atoms with E-state index < -0.39 is 41.4 Å². The number of carboxylic acid groups (broad SMARTS) is 1. The summed E-state index contributed by atoms with van der Waals surface area (Å²) < 4.78 is 52.0. The van der Waals surface area contributed by atoms with Crippen molar-refractivity contribution < 1.29 is 37.4 Å². The van der Waals surface area contributed by atoms with E-state index in [2.05, 4.69) is 0 Å². The molecule has 0 fully saturated rings. The molecule has 2 N–H and O–H groups in total. The van der Waals surface area contributed by atoms with Crippen molar-refractivity contribution in [2.45, 2.75) is 35.5 Å². The van der Waals surface area contributed by atoms with E-state index in [0.29, 0.717) is 0 Å². The van der Waals surface area contributed by atoms with Crippen molar-refractivity contribution in [2.75, 3.05) is 0 Å². The fraction of sp³-hybridized carbons (Fsp3) is 0.294. The second kappa shape index (κ2) is 7.28. The van der Waals surface area contributed by atoms with Crippen molar-refractivity contribution in [1.29, 1.82) is 0 Å². The van der Waals surface area contributed by atoms with Gasteiger partial charge in [-0.05, 0) is 42.8 Å². The first-order valence-corrected chi connectivity index (χ1v) is 9.58. The Morgan fingerprint density at radius 3 is 2.68 bits per heavy atom. The van der Waals surface area contributed by atoms with Crippen LogP contribution in [-0.4, -0.2) is 38.5 Å². The van der Waals surface area contributed by atoms with Gasteiger partial charge < -0.3 is 15.1 Å². The first-order chi connectivity index (χ1) is 13.0. The molecular weight excluding hydrogens is 422 g/mol. The molecular formula is C17H13F4NO4S2. The van der Waals surface area contributed by atoms with E-state index in [-0.39, 0.29) is 44.8 Å². The molecule has 1 amide bonds. The second-order valence-corrected chi connectivity index (χ2v) is 8.36. The third-order valence-corrected chi connectivity index (χ3v) is 6.16. The zero-order valence-electron chi connectivity index (χ0n) is 14.2. The van der Waals surface area contributed by atoms with E-state index in [1.54, 1.807) is 0 Å². The lowest BCUT2D eigenvalue weighted by Crippen LogP contribution is -2.36. The van der Waals surface area contributed by atoms with Gasteiger partial charge in [-0.1, -0.05) is 0 Å². The highest BCUT2D eigenvalue weighted by molar-refractivity contribution is 8.01. The molecule has 150 valence electrons. The number of rotatable bonds is 4. The lowest BCUT2D eigenvalue weighted by Gasteiger charge is -2.28. The quantitative estimate of drug-likeness (QED) is 0.514. The maximum Gasteiger partial charge on any atom is 0.447 e. The van der Waals surface area contributed by atoms with Crippen molar-refractivity contribution in [1.82, 2.24) is 4.90 Å². The summed E-state index contributed by atoms with van der Waals surface area (Å²) in [6.45, 7) is 1.45. The highest BCUT2D eigenvalue weighted by Gasteiger charge is 2.43. The van der Waals surface area contributed by atoms with Crippen molar-refractivity contribution in [3.8, 4) is 0 Å². The van der Waals surface area contributed by atoms with Crippen LogP contribution in [0.5, 0.6) is 0 Å². The zero-order valence-corrected chi connectivity index (χ0v) is 15.8. The number of aliphatic hydroxyl groups is 1. The number of carbonyl (C=O) groups excluding carboxylic acids is 1. The molecule has 0 bridgehead atoms. The van der Waals surface area contributed by atoms with Crippen molar-refractivity contribution in [3.05, 3.63) is 51.5 Å². The average molecular weight is 435 g/mol. The van der Waals surface area contributed by atoms with E-state index in [0.717, 1.165) is 17.4 Å². The molecule has 5 nitrogen and oxygen atoms in total. The van der Waals surface area contributed by atoms with Crippen LogP contribution < -0.4 is 0 Å². The van der Waals surface area contributed by atoms with Gasteiger partial charge in [-0.2, -0.15) is 13.2 Å². The third-order valence-electron chi connectivity index (χ3n) is 4.35. The number of hydrogen-bond acceptors (Lipinski definition) is 5. The molecule has 1 aromatic rings. The SMILES string of the molecule is CC1=C(CC(=O)O)C2=C(F)C(O)=CCC2N1C(=O)c1csc(SC(F)(F)F)c1. The number of amides is 1. The van der Waals surface area contributed by atoms with Crippen LogP contribution in [0.2, 0.25) is 0 Å². The molecule has 1 aromatic heterocycles. The zero-order chi connectivity index (χ0) is 20.8. The minimum Gasteiger partial charge on any atom is -0.505 e. The summed E-state index contributed by atoms with van der Waals surface area (Å²) >= 11 is 0.415. The lowest BCUT2D eigenvalue weighted by molar-refractivity contribution is -0.136. The Morgan fingerprint density at radius 1 is 1.39 bits per heavy atom. The third kappa shape index (κ3) is 3.81. The van der Waals surface area contributed by atoms with E-state index in [1.807, 2.05) is 0 Å². The number of halogens is 4. The molecule has 2 heterocycles. The number of aliphatic hydroxyl groups excluding tert-OH is 1. The summed E-state index contributed by atoms with van der Waals surface area (Å²) in [6, 6.07) is 0.236. The van der Waals surface area contributed by atoms with Crippen LogP contribution >= 0.6 is 23.1 Å². The Bertz CT molecular complexity index is 945. The Morgan fingerprint density at radius 2 is 2.07 bits per heavy atom. The number of aliphatic carboxylic acids is 1. The smallest absolute Gasteiger partial charge is 0.447 e. The molecule has 1 aliphatic heterocycles. The van der Waals surface area contributed by atoms with Crippen LogP contribution in [0.4, 0.5) is 17.6 Å². The van der Waals surface area contributed by atoms with Gasteiger partial charge in [0.05, 0.1) is 22.2 Å². The van der Waals surface area contributed by atoms with Crippen LogP contribution in [0.15, 0.2) is 50.2 Å². The summed E-state index contributed by atoms with van der Waals surface area (Å²) in [5.74, 6) is -3.53. The Hall–Kier alpha value is -2.27. The minimum atomic E-state index is -4.49. The van der Waals surface area contributed by atoms with Gasteiger partial charge in [0.25, 0.3) is 5.91 Å². The fourth-order valence-corrected chi connectivity index (χ4v) is 4.90. The molecule has 3 rings (SSSR count). The summed E-state index contributed by atoms with van der Waals surface area (Å²) in [4.78, 5) is 25.3. The summed E-state index contributed by atoms with van der Waals surface area (Å²) in [6.07, 6.45) is 0.676. The number of carbonyl (C=O) groups is 2. The highest BCUT2D eigenvalue weighted by Crippen LogP contribution is 2.45. The van der Waals surface area contributed by atoms with Gasteiger partial charge in [-0.3, -0.25) is 9.59 Å². The Labute approximate surface area is 164 Å². The van der Waals surface area contributed by atoms with Gasteiger partial charge in [0, 0.05) is 16.7 Å². The van der Waals surface area contributed by atoms with E-state index in [9.17, 15) is 32.3 Å².